The van der Waals surface area contributed by atoms with Crippen LogP contribution in [0.15, 0.2) is 12.4 Å². The Hall–Kier alpha value is -0.830. The lowest BCUT2D eigenvalue weighted by atomic mass is 9.64. The Morgan fingerprint density at radius 2 is 2.05 bits per heavy atom. The SMILES string of the molecule is CNCC1CCC(C(C)(C)C)CC1Cc1cnn(C)c1. The summed E-state index contributed by atoms with van der Waals surface area (Å²) in [6, 6.07) is 0. The number of aromatic nitrogens is 2. The molecule has 114 valence electrons. The predicted molar refractivity (Wildman–Crippen MR) is 84.6 cm³/mol. The van der Waals surface area contributed by atoms with E-state index in [1.807, 2.05) is 17.9 Å². The molecule has 1 N–H and O–H groups in total. The van der Waals surface area contributed by atoms with E-state index in [0.717, 1.165) is 24.3 Å². The zero-order valence-corrected chi connectivity index (χ0v) is 13.8. The molecule has 1 aromatic heterocycles. The average molecular weight is 277 g/mol. The minimum absolute atomic E-state index is 0.442. The molecule has 0 saturated heterocycles. The number of nitrogens with zero attached hydrogens (tertiary/aromatic N) is 2. The lowest BCUT2D eigenvalue weighted by molar-refractivity contribution is 0.0980. The Balaban J connectivity index is 2.06. The zero-order valence-electron chi connectivity index (χ0n) is 13.8. The van der Waals surface area contributed by atoms with Crippen LogP contribution in [-0.4, -0.2) is 23.4 Å². The molecule has 1 aliphatic carbocycles. The fraction of sp³-hybridized carbons (Fsp3) is 0.824. The van der Waals surface area contributed by atoms with Crippen LogP contribution < -0.4 is 5.32 Å². The van der Waals surface area contributed by atoms with Crippen LogP contribution in [0.25, 0.3) is 0 Å². The second-order valence-corrected chi connectivity index (χ2v) is 7.68. The maximum absolute atomic E-state index is 4.32. The maximum Gasteiger partial charge on any atom is 0.0521 e. The van der Waals surface area contributed by atoms with Crippen molar-refractivity contribution in [3.8, 4) is 0 Å². The molecule has 20 heavy (non-hydrogen) atoms. The molecule has 3 atom stereocenters. The van der Waals surface area contributed by atoms with Gasteiger partial charge in [-0.25, -0.2) is 0 Å². The third-order valence-corrected chi connectivity index (χ3v) is 5.09. The van der Waals surface area contributed by atoms with Gasteiger partial charge in [0.05, 0.1) is 6.20 Å². The minimum Gasteiger partial charge on any atom is -0.319 e. The first kappa shape index (κ1) is 15.6. The summed E-state index contributed by atoms with van der Waals surface area (Å²) in [4.78, 5) is 0. The van der Waals surface area contributed by atoms with E-state index in [0.29, 0.717) is 5.41 Å². The van der Waals surface area contributed by atoms with Crippen molar-refractivity contribution in [2.75, 3.05) is 13.6 Å². The summed E-state index contributed by atoms with van der Waals surface area (Å²) in [5.74, 6) is 2.47. The normalized spacial score (nSPS) is 27.8. The van der Waals surface area contributed by atoms with Crippen molar-refractivity contribution >= 4 is 0 Å². The van der Waals surface area contributed by atoms with Crippen LogP contribution in [0.3, 0.4) is 0 Å². The third kappa shape index (κ3) is 3.85. The number of nitrogens with one attached hydrogen (secondary N) is 1. The van der Waals surface area contributed by atoms with E-state index in [9.17, 15) is 0 Å². The molecule has 0 bridgehead atoms. The minimum atomic E-state index is 0.442. The van der Waals surface area contributed by atoms with Crippen molar-refractivity contribution in [3.05, 3.63) is 18.0 Å². The quantitative estimate of drug-likeness (QED) is 0.915. The Kier molecular flexibility index (Phi) is 4.90. The van der Waals surface area contributed by atoms with E-state index in [1.165, 1.54) is 31.2 Å². The van der Waals surface area contributed by atoms with Gasteiger partial charge in [-0.15, -0.1) is 0 Å². The second-order valence-electron chi connectivity index (χ2n) is 7.68. The van der Waals surface area contributed by atoms with E-state index in [2.05, 4.69) is 44.4 Å². The van der Waals surface area contributed by atoms with Gasteiger partial charge in [0.1, 0.15) is 0 Å². The van der Waals surface area contributed by atoms with Crippen LogP contribution in [0.5, 0.6) is 0 Å². The highest BCUT2D eigenvalue weighted by molar-refractivity contribution is 5.06. The van der Waals surface area contributed by atoms with Gasteiger partial charge in [0, 0.05) is 13.2 Å². The molecule has 1 saturated carbocycles. The number of hydrogen-bond acceptors (Lipinski definition) is 2. The van der Waals surface area contributed by atoms with Gasteiger partial charge in [-0.1, -0.05) is 20.8 Å². The summed E-state index contributed by atoms with van der Waals surface area (Å²) in [6.45, 7) is 8.35. The molecule has 3 heteroatoms. The molecule has 0 radical (unpaired) electrons. The molecule has 0 aliphatic heterocycles. The van der Waals surface area contributed by atoms with Gasteiger partial charge in [0.15, 0.2) is 0 Å². The first-order valence-electron chi connectivity index (χ1n) is 8.02. The van der Waals surface area contributed by atoms with Crippen molar-refractivity contribution in [1.29, 1.82) is 0 Å². The molecule has 3 nitrogen and oxygen atoms in total. The highest BCUT2D eigenvalue weighted by atomic mass is 15.2. The van der Waals surface area contributed by atoms with E-state index in [-0.39, 0.29) is 0 Å². The van der Waals surface area contributed by atoms with Crippen LogP contribution in [0, 0.1) is 23.2 Å². The van der Waals surface area contributed by atoms with Crippen molar-refractivity contribution in [3.63, 3.8) is 0 Å². The first-order valence-corrected chi connectivity index (χ1v) is 8.02. The smallest absolute Gasteiger partial charge is 0.0521 e. The van der Waals surface area contributed by atoms with Crippen LogP contribution in [-0.2, 0) is 13.5 Å². The third-order valence-electron chi connectivity index (χ3n) is 5.09. The molecule has 1 aromatic rings. The number of hydrogen-bond donors (Lipinski definition) is 1. The van der Waals surface area contributed by atoms with E-state index < -0.39 is 0 Å². The van der Waals surface area contributed by atoms with Crippen LogP contribution in [0.4, 0.5) is 0 Å². The maximum atomic E-state index is 4.32. The molecule has 0 spiro atoms. The molecular formula is C17H31N3. The van der Waals surface area contributed by atoms with Crippen molar-refractivity contribution in [2.24, 2.45) is 30.2 Å². The highest BCUT2D eigenvalue weighted by Gasteiger charge is 2.35. The van der Waals surface area contributed by atoms with E-state index in [1.54, 1.807) is 0 Å². The molecule has 1 aliphatic rings. The Bertz CT molecular complexity index is 416. The summed E-state index contributed by atoms with van der Waals surface area (Å²) < 4.78 is 1.92. The molecule has 3 unspecified atom stereocenters. The Labute approximate surface area is 124 Å². The largest absolute Gasteiger partial charge is 0.319 e. The van der Waals surface area contributed by atoms with E-state index in [4.69, 9.17) is 0 Å². The van der Waals surface area contributed by atoms with Gasteiger partial charge in [-0.05, 0) is 68.0 Å². The lowest BCUT2D eigenvalue weighted by Crippen LogP contribution is -2.36. The monoisotopic (exact) mass is 277 g/mol. The van der Waals surface area contributed by atoms with Gasteiger partial charge in [0.2, 0.25) is 0 Å². The Morgan fingerprint density at radius 3 is 2.60 bits per heavy atom. The fourth-order valence-corrected chi connectivity index (χ4v) is 3.77. The molecule has 0 aromatic carbocycles. The van der Waals surface area contributed by atoms with Crippen LogP contribution in [0.2, 0.25) is 0 Å². The van der Waals surface area contributed by atoms with Crippen molar-refractivity contribution in [2.45, 2.75) is 46.5 Å². The second kappa shape index (κ2) is 6.30. The van der Waals surface area contributed by atoms with Gasteiger partial charge >= 0.3 is 0 Å². The Morgan fingerprint density at radius 1 is 1.30 bits per heavy atom. The summed E-state index contributed by atoms with van der Waals surface area (Å²) in [5, 5.41) is 7.71. The summed E-state index contributed by atoms with van der Waals surface area (Å²) in [7, 11) is 4.09. The van der Waals surface area contributed by atoms with Crippen LogP contribution in [0.1, 0.15) is 45.6 Å². The standard InChI is InChI=1S/C17H31N3/c1-17(2,3)16-7-6-14(11-18-4)15(9-16)8-13-10-19-20(5)12-13/h10,12,14-16,18H,6-9,11H2,1-5H3. The van der Waals surface area contributed by atoms with Gasteiger partial charge in [-0.2, -0.15) is 5.10 Å². The fourth-order valence-electron chi connectivity index (χ4n) is 3.77. The predicted octanol–water partition coefficient (Wildman–Crippen LogP) is 3.26. The summed E-state index contributed by atoms with van der Waals surface area (Å²) in [5.41, 5.74) is 1.84. The highest BCUT2D eigenvalue weighted by Crippen LogP contribution is 2.43. The zero-order chi connectivity index (χ0) is 14.8. The van der Waals surface area contributed by atoms with Crippen molar-refractivity contribution < 1.29 is 0 Å². The molecule has 2 rings (SSSR count). The summed E-state index contributed by atoms with van der Waals surface area (Å²) >= 11 is 0. The number of aryl methyl sites for hydroxylation is 1. The van der Waals surface area contributed by atoms with Gasteiger partial charge in [-0.3, -0.25) is 4.68 Å². The molecule has 0 amide bonds. The number of rotatable bonds is 4. The summed E-state index contributed by atoms with van der Waals surface area (Å²) in [6.07, 6.45) is 9.53. The average Bonchev–Trinajstić information content (AvgIpc) is 2.76. The van der Waals surface area contributed by atoms with E-state index >= 15 is 0 Å². The first-order chi connectivity index (χ1) is 9.40. The molecular weight excluding hydrogens is 246 g/mol. The lowest BCUT2D eigenvalue weighted by Gasteiger charge is -2.42. The van der Waals surface area contributed by atoms with Gasteiger partial charge < -0.3 is 5.32 Å². The van der Waals surface area contributed by atoms with Crippen molar-refractivity contribution in [1.82, 2.24) is 15.1 Å². The topological polar surface area (TPSA) is 29.9 Å². The van der Waals surface area contributed by atoms with Gasteiger partial charge in [0.25, 0.3) is 0 Å². The van der Waals surface area contributed by atoms with Crippen LogP contribution >= 0.6 is 0 Å². The molecule has 1 fully saturated rings. The molecule has 1 heterocycles.